The van der Waals surface area contributed by atoms with Crippen molar-refractivity contribution in [3.8, 4) is 11.3 Å². The van der Waals surface area contributed by atoms with Gasteiger partial charge < -0.3 is 0 Å². The molecule has 0 fully saturated rings. The largest absolute Gasteiger partial charge is 0.248 e. The van der Waals surface area contributed by atoms with Gasteiger partial charge in [-0.1, -0.05) is 36.4 Å². The molecule has 0 saturated heterocycles. The molecule has 2 heterocycles. The van der Waals surface area contributed by atoms with Crippen molar-refractivity contribution in [2.24, 2.45) is 0 Å². The summed E-state index contributed by atoms with van der Waals surface area (Å²) in [5.41, 5.74) is 3.26. The molecule has 0 aliphatic heterocycles. The Balaban J connectivity index is 1.97. The molecule has 0 aliphatic rings. The highest BCUT2D eigenvalue weighted by Crippen LogP contribution is 2.27. The van der Waals surface area contributed by atoms with Crippen molar-refractivity contribution in [3.63, 3.8) is 0 Å². The molecule has 0 bridgehead atoms. The lowest BCUT2D eigenvalue weighted by Gasteiger charge is -2.03. The number of aromatic nitrogens is 1. The third kappa shape index (κ3) is 1.81. The number of thiophene rings is 1. The van der Waals surface area contributed by atoms with E-state index in [2.05, 4.69) is 47.8 Å². The van der Waals surface area contributed by atoms with E-state index in [0.29, 0.717) is 0 Å². The monoisotopic (exact) mass is 261 g/mol. The smallest absolute Gasteiger partial charge is 0.0724 e. The zero-order valence-electron chi connectivity index (χ0n) is 10.2. The van der Waals surface area contributed by atoms with Gasteiger partial charge in [-0.05, 0) is 35.0 Å². The average Bonchev–Trinajstić information content (AvgIpc) is 2.92. The van der Waals surface area contributed by atoms with Gasteiger partial charge in [0, 0.05) is 15.6 Å². The van der Waals surface area contributed by atoms with Crippen LogP contribution in [0.4, 0.5) is 0 Å². The van der Waals surface area contributed by atoms with Gasteiger partial charge in [0.15, 0.2) is 0 Å². The quantitative estimate of drug-likeness (QED) is 0.463. The van der Waals surface area contributed by atoms with Gasteiger partial charge in [-0.3, -0.25) is 0 Å². The molecule has 0 N–H and O–H groups in total. The molecule has 4 rings (SSSR count). The summed E-state index contributed by atoms with van der Waals surface area (Å²) in [6.07, 6.45) is 0. The van der Waals surface area contributed by atoms with Crippen molar-refractivity contribution in [2.75, 3.05) is 0 Å². The van der Waals surface area contributed by atoms with E-state index in [9.17, 15) is 0 Å². The number of hydrogen-bond donors (Lipinski definition) is 0. The fraction of sp³-hybridized carbons (Fsp3) is 0. The van der Waals surface area contributed by atoms with Crippen LogP contribution in [0, 0.1) is 0 Å². The maximum Gasteiger partial charge on any atom is 0.0724 e. The lowest BCUT2D eigenvalue weighted by atomic mass is 10.1. The molecule has 0 spiro atoms. The van der Waals surface area contributed by atoms with Crippen molar-refractivity contribution in [3.05, 3.63) is 66.0 Å². The molecule has 0 radical (unpaired) electrons. The maximum atomic E-state index is 4.78. The van der Waals surface area contributed by atoms with Gasteiger partial charge in [0.25, 0.3) is 0 Å². The van der Waals surface area contributed by atoms with Crippen LogP contribution in [0.25, 0.3) is 32.2 Å². The summed E-state index contributed by atoms with van der Waals surface area (Å²) in [5.74, 6) is 0. The van der Waals surface area contributed by atoms with Gasteiger partial charge in [-0.25, -0.2) is 4.98 Å². The lowest BCUT2D eigenvalue weighted by Crippen LogP contribution is -1.84. The molecule has 4 aromatic rings. The van der Waals surface area contributed by atoms with Crippen molar-refractivity contribution in [1.29, 1.82) is 0 Å². The predicted molar refractivity (Wildman–Crippen MR) is 82.6 cm³/mol. The van der Waals surface area contributed by atoms with Gasteiger partial charge in [-0.15, -0.1) is 11.3 Å². The third-order valence-corrected chi connectivity index (χ3v) is 4.21. The summed E-state index contributed by atoms with van der Waals surface area (Å²) in [7, 11) is 0. The summed E-state index contributed by atoms with van der Waals surface area (Å²) >= 11 is 1.76. The minimum absolute atomic E-state index is 1.03. The van der Waals surface area contributed by atoms with Crippen LogP contribution < -0.4 is 0 Å². The normalized spacial score (nSPS) is 11.2. The summed E-state index contributed by atoms with van der Waals surface area (Å²) in [4.78, 5) is 4.78. The molecule has 2 aromatic heterocycles. The topological polar surface area (TPSA) is 12.9 Å². The van der Waals surface area contributed by atoms with E-state index in [-0.39, 0.29) is 0 Å². The molecule has 0 aliphatic carbocycles. The Hall–Kier alpha value is -2.19. The Labute approximate surface area is 115 Å². The van der Waals surface area contributed by atoms with Gasteiger partial charge in [0.2, 0.25) is 0 Å². The first-order valence-corrected chi connectivity index (χ1v) is 7.11. The molecular formula is C17H11NS. The second kappa shape index (κ2) is 4.18. The summed E-state index contributed by atoms with van der Waals surface area (Å²) in [6.45, 7) is 0. The Kier molecular flexibility index (Phi) is 2.35. The van der Waals surface area contributed by atoms with Crippen LogP contribution in [0.3, 0.4) is 0 Å². The standard InChI is InChI=1S/C17H11NS/c1-2-4-12(5-3-1)15-7-6-13-10-14-8-9-19-17(14)11-16(13)18-15/h1-11H. The molecule has 90 valence electrons. The highest BCUT2D eigenvalue weighted by atomic mass is 32.1. The van der Waals surface area contributed by atoms with E-state index in [1.807, 2.05) is 18.2 Å². The van der Waals surface area contributed by atoms with Crippen LogP contribution in [0.5, 0.6) is 0 Å². The van der Waals surface area contributed by atoms with Gasteiger partial charge in [0.05, 0.1) is 11.2 Å². The summed E-state index contributed by atoms with van der Waals surface area (Å²) in [6, 6.07) is 21.1. The number of pyridine rings is 1. The Morgan fingerprint density at radius 2 is 1.68 bits per heavy atom. The minimum atomic E-state index is 1.03. The second-order valence-corrected chi connectivity index (χ2v) is 5.51. The van der Waals surface area contributed by atoms with Gasteiger partial charge in [0.1, 0.15) is 0 Å². The zero-order valence-corrected chi connectivity index (χ0v) is 11.0. The zero-order chi connectivity index (χ0) is 12.7. The number of rotatable bonds is 1. The molecule has 19 heavy (non-hydrogen) atoms. The van der Waals surface area contributed by atoms with E-state index in [4.69, 9.17) is 4.98 Å². The highest BCUT2D eigenvalue weighted by molar-refractivity contribution is 7.17. The number of hydrogen-bond acceptors (Lipinski definition) is 2. The molecule has 0 unspecified atom stereocenters. The first-order chi connectivity index (χ1) is 9.40. The molecule has 0 atom stereocenters. The van der Waals surface area contributed by atoms with E-state index in [1.165, 1.54) is 15.5 Å². The van der Waals surface area contributed by atoms with Crippen molar-refractivity contribution in [2.45, 2.75) is 0 Å². The molecule has 0 saturated carbocycles. The molecule has 2 heteroatoms. The Morgan fingerprint density at radius 1 is 0.789 bits per heavy atom. The van der Waals surface area contributed by atoms with E-state index in [0.717, 1.165) is 16.8 Å². The molecule has 2 aromatic carbocycles. The molecular weight excluding hydrogens is 250 g/mol. The number of nitrogens with zero attached hydrogens (tertiary/aromatic N) is 1. The summed E-state index contributed by atoms with van der Waals surface area (Å²) < 4.78 is 1.30. The third-order valence-electron chi connectivity index (χ3n) is 3.33. The lowest BCUT2D eigenvalue weighted by molar-refractivity contribution is 1.41. The van der Waals surface area contributed by atoms with Crippen LogP contribution in [0.2, 0.25) is 0 Å². The van der Waals surface area contributed by atoms with Crippen LogP contribution >= 0.6 is 11.3 Å². The van der Waals surface area contributed by atoms with Crippen molar-refractivity contribution < 1.29 is 0 Å². The van der Waals surface area contributed by atoms with E-state index >= 15 is 0 Å². The first kappa shape index (κ1) is 10.7. The average molecular weight is 261 g/mol. The second-order valence-electron chi connectivity index (χ2n) is 4.57. The van der Waals surface area contributed by atoms with E-state index < -0.39 is 0 Å². The predicted octanol–water partition coefficient (Wildman–Crippen LogP) is 5.12. The molecule has 1 nitrogen and oxygen atoms in total. The van der Waals surface area contributed by atoms with Crippen LogP contribution in [0.15, 0.2) is 66.0 Å². The Bertz CT molecular complexity index is 862. The van der Waals surface area contributed by atoms with Crippen LogP contribution in [0.1, 0.15) is 0 Å². The fourth-order valence-corrected chi connectivity index (χ4v) is 3.16. The number of benzene rings is 2. The van der Waals surface area contributed by atoms with Crippen LogP contribution in [-0.4, -0.2) is 4.98 Å². The van der Waals surface area contributed by atoms with Gasteiger partial charge in [-0.2, -0.15) is 0 Å². The first-order valence-electron chi connectivity index (χ1n) is 6.24. The van der Waals surface area contributed by atoms with E-state index in [1.54, 1.807) is 11.3 Å². The van der Waals surface area contributed by atoms with Crippen LogP contribution in [-0.2, 0) is 0 Å². The number of fused-ring (bicyclic) bond motifs is 2. The maximum absolute atomic E-state index is 4.78. The SMILES string of the molecule is c1ccc(-c2ccc3cc4ccsc4cc3n2)cc1. The minimum Gasteiger partial charge on any atom is -0.248 e. The van der Waals surface area contributed by atoms with Crippen molar-refractivity contribution >= 4 is 32.3 Å². The fourth-order valence-electron chi connectivity index (χ4n) is 2.35. The highest BCUT2D eigenvalue weighted by Gasteiger charge is 2.03. The molecule has 0 amide bonds. The van der Waals surface area contributed by atoms with Crippen molar-refractivity contribution in [1.82, 2.24) is 4.98 Å². The Morgan fingerprint density at radius 3 is 2.58 bits per heavy atom. The van der Waals surface area contributed by atoms with Gasteiger partial charge >= 0.3 is 0 Å². The summed E-state index contributed by atoms with van der Waals surface area (Å²) in [5, 5.41) is 4.62.